The van der Waals surface area contributed by atoms with Crippen molar-refractivity contribution < 1.29 is 23.1 Å². The number of carbonyl (C=O) groups is 1. The summed E-state index contributed by atoms with van der Waals surface area (Å²) in [6.07, 6.45) is 17.7. The molecule has 11 heteroatoms. The molecule has 8 rings (SSSR count). The Bertz CT molecular complexity index is 1930. The lowest BCUT2D eigenvalue weighted by Crippen LogP contribution is -2.68. The molecule has 1 aromatic heterocycles. The van der Waals surface area contributed by atoms with Crippen LogP contribution in [0.2, 0.25) is 0 Å². The zero-order valence-electron chi connectivity index (χ0n) is 35.9. The van der Waals surface area contributed by atoms with Gasteiger partial charge in [-0.1, -0.05) is 58.9 Å². The van der Waals surface area contributed by atoms with Crippen molar-refractivity contribution in [2.24, 2.45) is 56.7 Å². The van der Waals surface area contributed by atoms with E-state index in [0.717, 1.165) is 37.7 Å². The zero-order valence-corrected chi connectivity index (χ0v) is 37.6. The van der Waals surface area contributed by atoms with Crippen LogP contribution in [-0.4, -0.2) is 83.0 Å². The first-order valence-electron chi connectivity index (χ1n) is 22.2. The van der Waals surface area contributed by atoms with Crippen molar-refractivity contribution in [2.45, 2.75) is 131 Å². The molecule has 2 heterocycles. The highest BCUT2D eigenvalue weighted by Gasteiger charge is 2.70. The van der Waals surface area contributed by atoms with Crippen molar-refractivity contribution in [3.8, 4) is 5.88 Å². The number of ether oxygens (including phenoxy) is 1. The molecule has 5 fully saturated rings. The highest BCUT2D eigenvalue weighted by Crippen LogP contribution is 2.76. The molecule has 0 amide bonds. The van der Waals surface area contributed by atoms with Crippen molar-refractivity contribution in [3.63, 3.8) is 0 Å². The normalized spacial score (nSPS) is 42.4. The molecule has 0 aromatic carbocycles. The predicted octanol–water partition coefficient (Wildman–Crippen LogP) is 8.67. The average molecular weight is 823 g/mol. The number of hydrogen-bond acceptors (Lipinski definition) is 9. The molecule has 0 spiro atoms. The maximum atomic E-state index is 12.7. The lowest BCUT2D eigenvalue weighted by atomic mass is 9.33. The number of nitrogens with one attached hydrogen (secondary N) is 1. The number of carboxylic acid groups (broad SMARTS) is 1. The van der Waals surface area contributed by atoms with E-state index in [4.69, 9.17) is 4.74 Å². The molecule has 1 aromatic rings. The van der Waals surface area contributed by atoms with Crippen molar-refractivity contribution in [1.29, 1.82) is 0 Å². The first kappa shape index (κ1) is 41.6. The summed E-state index contributed by atoms with van der Waals surface area (Å²) in [6, 6.07) is 0. The molecule has 4 saturated carbocycles. The van der Waals surface area contributed by atoms with Gasteiger partial charge in [0.25, 0.3) is 0 Å². The van der Waals surface area contributed by atoms with Crippen LogP contribution >= 0.6 is 11.7 Å². The zero-order chi connectivity index (χ0) is 40.8. The van der Waals surface area contributed by atoms with Crippen LogP contribution in [0.4, 0.5) is 0 Å². The summed E-state index contributed by atoms with van der Waals surface area (Å²) in [5, 5.41) is 14.7. The van der Waals surface area contributed by atoms with E-state index in [-0.39, 0.29) is 33.8 Å². The number of hydrogen-bond donors (Lipinski definition) is 2. The highest BCUT2D eigenvalue weighted by atomic mass is 32.2. The van der Waals surface area contributed by atoms with Crippen LogP contribution in [0.5, 0.6) is 5.88 Å². The van der Waals surface area contributed by atoms with Gasteiger partial charge < -0.3 is 20.1 Å². The van der Waals surface area contributed by atoms with E-state index >= 15 is 0 Å². The van der Waals surface area contributed by atoms with Crippen molar-refractivity contribution >= 4 is 27.5 Å². The molecule has 0 bridgehead atoms. The van der Waals surface area contributed by atoms with Crippen LogP contribution in [0.15, 0.2) is 35.5 Å². The van der Waals surface area contributed by atoms with Gasteiger partial charge in [0.15, 0.2) is 9.84 Å². The van der Waals surface area contributed by atoms with E-state index in [1.807, 2.05) is 6.92 Å². The van der Waals surface area contributed by atoms with Gasteiger partial charge in [-0.2, -0.15) is 4.37 Å². The second-order valence-electron chi connectivity index (χ2n) is 21.3. The van der Waals surface area contributed by atoms with Crippen molar-refractivity contribution in [3.05, 3.63) is 41.1 Å². The van der Waals surface area contributed by atoms with Gasteiger partial charge in [0.2, 0.25) is 5.88 Å². The summed E-state index contributed by atoms with van der Waals surface area (Å²) in [7, 11) is -2.87. The number of fused-ring (bicyclic) bond motifs is 7. The summed E-state index contributed by atoms with van der Waals surface area (Å²) in [4.78, 5) is 15.1. The topological polar surface area (TPSA) is 122 Å². The molecular weight excluding hydrogens is 753 g/mol. The van der Waals surface area contributed by atoms with Gasteiger partial charge in [-0.25, -0.2) is 8.42 Å². The lowest BCUT2D eigenvalue weighted by Gasteiger charge is -2.72. The monoisotopic (exact) mass is 822 g/mol. The first-order valence-corrected chi connectivity index (χ1v) is 24.7. The second-order valence-corrected chi connectivity index (χ2v) is 24.1. The fourth-order valence-corrected chi connectivity index (χ4v) is 16.9. The lowest BCUT2D eigenvalue weighted by molar-refractivity contribution is -0.221. The Hall–Kier alpha value is -2.08. The van der Waals surface area contributed by atoms with E-state index in [0.29, 0.717) is 78.6 Å². The fraction of sp³-hybridized carbons (Fsp3) is 0.804. The Morgan fingerprint density at radius 2 is 1.72 bits per heavy atom. The summed E-state index contributed by atoms with van der Waals surface area (Å²) in [5.41, 5.74) is 4.79. The largest absolute Gasteiger partial charge is 0.481 e. The minimum atomic E-state index is -2.87. The quantitative estimate of drug-likeness (QED) is 0.223. The predicted molar refractivity (Wildman–Crippen MR) is 228 cm³/mol. The Balaban J connectivity index is 1.01. The highest BCUT2D eigenvalue weighted by molar-refractivity contribution is 7.91. The standard InChI is InChI=1S/C46H70N4O5S2/c1-30(2)33-13-20-46(47-23-24-50-25-27-57(53,54)28-26-50)22-21-43(7)35(38(33)46)9-10-37-42(6)16-14-34(41(4,5)36(42)15-17-44(37,43)8)32-11-18-45(19-12-32,40(51)52)29-55-39-31(3)48-56-49-39/h11,14,33,35-38,47H,1,9-10,12-13,15-29H2,2-8H3,(H,51,52)/t33-,35+,36?,37?,38?,42-,43+,44+,45?,46-/m0/s1. The number of aryl methyl sites for hydroxylation is 1. The van der Waals surface area contributed by atoms with Crippen LogP contribution in [0.1, 0.15) is 124 Å². The van der Waals surface area contributed by atoms with Gasteiger partial charge >= 0.3 is 5.97 Å². The van der Waals surface area contributed by atoms with Crippen molar-refractivity contribution in [1.82, 2.24) is 19.0 Å². The van der Waals surface area contributed by atoms with Gasteiger partial charge in [0.05, 0.1) is 23.2 Å². The van der Waals surface area contributed by atoms with Crippen LogP contribution < -0.4 is 10.1 Å². The number of allylic oxidation sites excluding steroid dienone is 5. The maximum Gasteiger partial charge on any atom is 0.313 e. The van der Waals surface area contributed by atoms with Crippen LogP contribution in [0.25, 0.3) is 0 Å². The third-order valence-corrected chi connectivity index (χ3v) is 20.7. The van der Waals surface area contributed by atoms with Gasteiger partial charge in [-0.15, -0.1) is 4.37 Å². The summed E-state index contributed by atoms with van der Waals surface area (Å²) >= 11 is 1.10. The second kappa shape index (κ2) is 14.5. The number of carboxylic acids is 1. The molecule has 4 unspecified atom stereocenters. The minimum Gasteiger partial charge on any atom is -0.481 e. The SMILES string of the molecule is C=C(C)[C@@H]1CC[C@]2(NCCN3CCS(=O)(=O)CC3)CC[C@]3(C)[C@H](CCC4[C@@]5(C)CC=C(C6=CCC(COc7nsnc7C)(C(=O)O)CC6)C(C)(C)C5CC[C@]43C)C12. The average Bonchev–Trinajstić information content (AvgIpc) is 3.75. The Labute approximate surface area is 347 Å². The smallest absolute Gasteiger partial charge is 0.313 e. The molecule has 0 radical (unpaired) electrons. The van der Waals surface area contributed by atoms with Crippen LogP contribution in [-0.2, 0) is 14.6 Å². The Kier molecular flexibility index (Phi) is 10.6. The molecule has 10 atom stereocenters. The van der Waals surface area contributed by atoms with E-state index in [2.05, 4.69) is 79.2 Å². The molecule has 1 aliphatic heterocycles. The van der Waals surface area contributed by atoms with E-state index < -0.39 is 21.2 Å². The molecule has 7 aliphatic rings. The fourth-order valence-electron chi connectivity index (χ4n) is 15.1. The van der Waals surface area contributed by atoms with Crippen molar-refractivity contribution in [2.75, 3.05) is 44.3 Å². The summed E-state index contributed by atoms with van der Waals surface area (Å²) in [5.74, 6) is 3.28. The first-order chi connectivity index (χ1) is 26.8. The third-order valence-electron chi connectivity index (χ3n) is 18.5. The summed E-state index contributed by atoms with van der Waals surface area (Å²) < 4.78 is 38.6. The number of nitrogens with zero attached hydrogens (tertiary/aromatic N) is 3. The molecule has 9 nitrogen and oxygen atoms in total. The van der Waals surface area contributed by atoms with E-state index in [9.17, 15) is 18.3 Å². The summed E-state index contributed by atoms with van der Waals surface area (Å²) in [6.45, 7) is 25.1. The number of sulfone groups is 1. The van der Waals surface area contributed by atoms with Gasteiger partial charge in [-0.3, -0.25) is 4.79 Å². The van der Waals surface area contributed by atoms with Gasteiger partial charge in [-0.05, 0) is 153 Å². The molecule has 57 heavy (non-hydrogen) atoms. The van der Waals surface area contributed by atoms with Gasteiger partial charge in [0.1, 0.15) is 17.7 Å². The number of rotatable bonds is 10. The number of aliphatic carboxylic acids is 1. The van der Waals surface area contributed by atoms with E-state index in [1.54, 1.807) is 0 Å². The molecule has 316 valence electrons. The molecule has 6 aliphatic carbocycles. The molecular formula is C46H70N4O5S2. The Morgan fingerprint density at radius 3 is 2.37 bits per heavy atom. The maximum absolute atomic E-state index is 12.7. The van der Waals surface area contributed by atoms with Crippen LogP contribution in [0, 0.1) is 63.6 Å². The minimum absolute atomic E-state index is 0.00169. The number of aromatic nitrogens is 2. The van der Waals surface area contributed by atoms with Gasteiger partial charge in [0, 0.05) is 31.7 Å². The van der Waals surface area contributed by atoms with Crippen LogP contribution in [0.3, 0.4) is 0 Å². The molecule has 1 saturated heterocycles. The molecule has 2 N–H and O–H groups in total. The Morgan fingerprint density at radius 1 is 0.965 bits per heavy atom. The van der Waals surface area contributed by atoms with E-state index in [1.165, 1.54) is 68.1 Å². The third kappa shape index (κ3) is 6.64.